The van der Waals surface area contributed by atoms with Crippen molar-refractivity contribution in [2.75, 3.05) is 5.73 Å². The molecule has 5 rings (SSSR count). The summed E-state index contributed by atoms with van der Waals surface area (Å²) in [5, 5.41) is 5.46. The molecule has 3 aromatic heterocycles. The number of anilines is 1. The number of nitrogens with two attached hydrogens (primary N) is 1. The zero-order chi connectivity index (χ0) is 19.8. The maximum absolute atomic E-state index is 14.1. The topological polar surface area (TPSA) is 82.5 Å². The van der Waals surface area contributed by atoms with Crippen LogP contribution in [0.4, 0.5) is 10.2 Å². The first-order chi connectivity index (χ1) is 14.2. The zero-order valence-corrected chi connectivity index (χ0v) is 15.7. The molecule has 0 spiro atoms. The van der Waals surface area contributed by atoms with E-state index in [1.54, 1.807) is 35.3 Å². The Morgan fingerprint density at radius 3 is 2.79 bits per heavy atom. The lowest BCUT2D eigenvalue weighted by Crippen LogP contribution is -2.05. The molecule has 0 radical (unpaired) electrons. The highest BCUT2D eigenvalue weighted by Crippen LogP contribution is 2.32. The van der Waals surface area contributed by atoms with Gasteiger partial charge in [-0.25, -0.2) is 24.0 Å². The van der Waals surface area contributed by atoms with Gasteiger partial charge in [0.15, 0.2) is 11.5 Å². The van der Waals surface area contributed by atoms with Gasteiger partial charge in [0.1, 0.15) is 17.3 Å². The van der Waals surface area contributed by atoms with E-state index in [0.29, 0.717) is 28.5 Å². The molecule has 0 atom stereocenters. The van der Waals surface area contributed by atoms with Gasteiger partial charge in [-0.05, 0) is 43.0 Å². The quantitative estimate of drug-likeness (QED) is 0.568. The van der Waals surface area contributed by atoms with Gasteiger partial charge in [-0.3, -0.25) is 0 Å². The van der Waals surface area contributed by atoms with Gasteiger partial charge in [0.05, 0.1) is 11.9 Å². The lowest BCUT2D eigenvalue weighted by molar-refractivity contribution is 0.589. The number of nitrogens with zero attached hydrogens (tertiary/aromatic N) is 5. The van der Waals surface area contributed by atoms with E-state index in [9.17, 15) is 4.39 Å². The highest BCUT2D eigenvalue weighted by molar-refractivity contribution is 5.89. The van der Waals surface area contributed by atoms with Crippen LogP contribution >= 0.6 is 0 Å². The van der Waals surface area contributed by atoms with Crippen molar-refractivity contribution >= 4 is 22.4 Å². The highest BCUT2D eigenvalue weighted by atomic mass is 19.1. The van der Waals surface area contributed by atoms with Crippen LogP contribution in [0.15, 0.2) is 54.9 Å². The molecule has 29 heavy (non-hydrogen) atoms. The van der Waals surface area contributed by atoms with Gasteiger partial charge in [-0.1, -0.05) is 24.3 Å². The predicted molar refractivity (Wildman–Crippen MR) is 110 cm³/mol. The molecular formula is C22H19FN6. The van der Waals surface area contributed by atoms with Gasteiger partial charge >= 0.3 is 0 Å². The van der Waals surface area contributed by atoms with Crippen molar-refractivity contribution in [3.05, 3.63) is 71.8 Å². The monoisotopic (exact) mass is 386 g/mol. The Bertz CT molecular complexity index is 1240. The molecule has 1 aliphatic carbocycles. The maximum Gasteiger partial charge on any atom is 0.182 e. The van der Waals surface area contributed by atoms with E-state index >= 15 is 0 Å². The van der Waals surface area contributed by atoms with Crippen molar-refractivity contribution in [3.8, 4) is 11.5 Å². The van der Waals surface area contributed by atoms with Crippen LogP contribution in [0.3, 0.4) is 0 Å². The van der Waals surface area contributed by atoms with Crippen LogP contribution in [0.5, 0.6) is 0 Å². The fraction of sp³-hybridized carbons (Fsp3) is 0.182. The second-order valence-corrected chi connectivity index (χ2v) is 7.09. The van der Waals surface area contributed by atoms with Crippen LogP contribution < -0.4 is 5.73 Å². The van der Waals surface area contributed by atoms with Crippen molar-refractivity contribution in [1.29, 1.82) is 0 Å². The van der Waals surface area contributed by atoms with E-state index in [1.165, 1.54) is 11.6 Å². The third kappa shape index (κ3) is 3.14. The van der Waals surface area contributed by atoms with E-state index in [2.05, 4.69) is 26.1 Å². The van der Waals surface area contributed by atoms with Crippen LogP contribution in [-0.2, 0) is 6.54 Å². The minimum absolute atomic E-state index is 0.265. The van der Waals surface area contributed by atoms with Crippen LogP contribution in [0.1, 0.15) is 30.4 Å². The third-order valence-corrected chi connectivity index (χ3v) is 5.20. The molecule has 0 unspecified atom stereocenters. The minimum Gasteiger partial charge on any atom is -0.383 e. The average Bonchev–Trinajstić information content (AvgIpc) is 3.38. The number of hydrogen-bond donors (Lipinski definition) is 1. The number of aromatic nitrogens is 5. The molecule has 4 aromatic rings. The fourth-order valence-electron chi connectivity index (χ4n) is 3.74. The molecule has 3 heterocycles. The zero-order valence-electron chi connectivity index (χ0n) is 15.7. The SMILES string of the molecule is Nc1nc(-c2nn(Cc3ccccc3F)c3ncccc23)ncc1C1=CCCC1. The van der Waals surface area contributed by atoms with E-state index < -0.39 is 0 Å². The highest BCUT2D eigenvalue weighted by Gasteiger charge is 2.19. The standard InChI is InChI=1S/C22H19FN6/c23-18-10-4-3-8-15(18)13-29-22-16(9-5-11-25-22)19(28-29)21-26-12-17(20(24)27-21)14-6-1-2-7-14/h3-6,8-12H,1-2,7,13H2,(H2,24,26,27). The summed E-state index contributed by atoms with van der Waals surface area (Å²) in [6.45, 7) is 0.265. The molecule has 1 aromatic carbocycles. The normalized spacial score (nSPS) is 13.8. The Kier molecular flexibility index (Phi) is 4.27. The Balaban J connectivity index is 1.59. The third-order valence-electron chi connectivity index (χ3n) is 5.20. The van der Waals surface area contributed by atoms with Crippen LogP contribution in [0.2, 0.25) is 0 Å². The van der Waals surface area contributed by atoms with Crippen molar-refractivity contribution < 1.29 is 4.39 Å². The molecule has 0 fully saturated rings. The first-order valence-corrected chi connectivity index (χ1v) is 9.58. The molecule has 1 aliphatic rings. The van der Waals surface area contributed by atoms with Gasteiger partial charge < -0.3 is 5.73 Å². The Morgan fingerprint density at radius 1 is 1.10 bits per heavy atom. The number of rotatable bonds is 4. The molecule has 144 valence electrons. The molecular weight excluding hydrogens is 367 g/mol. The van der Waals surface area contributed by atoms with E-state index in [4.69, 9.17) is 5.73 Å². The smallest absolute Gasteiger partial charge is 0.182 e. The fourth-order valence-corrected chi connectivity index (χ4v) is 3.74. The molecule has 0 saturated heterocycles. The number of nitrogen functional groups attached to an aromatic ring is 1. The summed E-state index contributed by atoms with van der Waals surface area (Å²) < 4.78 is 15.8. The van der Waals surface area contributed by atoms with E-state index in [-0.39, 0.29) is 12.4 Å². The first-order valence-electron chi connectivity index (χ1n) is 9.58. The number of hydrogen-bond acceptors (Lipinski definition) is 5. The predicted octanol–water partition coefficient (Wildman–Crippen LogP) is 4.23. The van der Waals surface area contributed by atoms with Crippen molar-refractivity contribution in [2.45, 2.75) is 25.8 Å². The van der Waals surface area contributed by atoms with Gasteiger partial charge in [0, 0.05) is 23.5 Å². The molecule has 2 N–H and O–H groups in total. The molecule has 7 heteroatoms. The molecule has 6 nitrogen and oxygen atoms in total. The van der Waals surface area contributed by atoms with Gasteiger partial charge in [-0.2, -0.15) is 5.10 Å². The number of fused-ring (bicyclic) bond motifs is 1. The second kappa shape index (κ2) is 7.09. The molecule has 0 amide bonds. The first kappa shape index (κ1) is 17.5. The second-order valence-electron chi connectivity index (χ2n) is 7.09. The van der Waals surface area contributed by atoms with Crippen molar-refractivity contribution in [1.82, 2.24) is 24.7 Å². The molecule has 0 bridgehead atoms. The summed E-state index contributed by atoms with van der Waals surface area (Å²) in [6, 6.07) is 10.4. The number of halogens is 1. The largest absolute Gasteiger partial charge is 0.383 e. The van der Waals surface area contributed by atoms with Crippen molar-refractivity contribution in [2.24, 2.45) is 0 Å². The molecule has 0 aliphatic heterocycles. The lowest BCUT2D eigenvalue weighted by Gasteiger charge is -2.06. The summed E-state index contributed by atoms with van der Waals surface area (Å²) in [7, 11) is 0. The Morgan fingerprint density at radius 2 is 2.00 bits per heavy atom. The number of benzene rings is 1. The van der Waals surface area contributed by atoms with Crippen LogP contribution in [0, 0.1) is 5.82 Å². The maximum atomic E-state index is 14.1. The summed E-state index contributed by atoms with van der Waals surface area (Å²) in [5.41, 5.74) is 10.1. The Labute approximate surface area is 166 Å². The summed E-state index contributed by atoms with van der Waals surface area (Å²) in [5.74, 6) is 0.613. The summed E-state index contributed by atoms with van der Waals surface area (Å²) >= 11 is 0. The lowest BCUT2D eigenvalue weighted by atomic mass is 10.1. The van der Waals surface area contributed by atoms with E-state index in [0.717, 1.165) is 30.2 Å². The Hall–Kier alpha value is -3.61. The summed E-state index contributed by atoms with van der Waals surface area (Å²) in [4.78, 5) is 13.5. The van der Waals surface area contributed by atoms with Crippen LogP contribution in [0.25, 0.3) is 28.1 Å². The van der Waals surface area contributed by atoms with Crippen LogP contribution in [-0.4, -0.2) is 24.7 Å². The van der Waals surface area contributed by atoms with Gasteiger partial charge in [-0.15, -0.1) is 0 Å². The number of allylic oxidation sites excluding steroid dienone is 2. The minimum atomic E-state index is -0.275. The molecule has 0 saturated carbocycles. The van der Waals surface area contributed by atoms with Gasteiger partial charge in [0.2, 0.25) is 0 Å². The van der Waals surface area contributed by atoms with Gasteiger partial charge in [0.25, 0.3) is 0 Å². The summed E-state index contributed by atoms with van der Waals surface area (Å²) in [6.07, 6.45) is 8.85. The van der Waals surface area contributed by atoms with Crippen molar-refractivity contribution in [3.63, 3.8) is 0 Å². The average molecular weight is 386 g/mol. The number of pyridine rings is 1. The van der Waals surface area contributed by atoms with E-state index in [1.807, 2.05) is 12.1 Å².